The Morgan fingerprint density at radius 2 is 1.30 bits per heavy atom. The second kappa shape index (κ2) is 18.0. The molecule has 2 atom stereocenters. The van der Waals surface area contributed by atoms with Crippen molar-refractivity contribution >= 4 is 23.9 Å². The Morgan fingerprint density at radius 3 is 1.89 bits per heavy atom. The molecule has 0 aliphatic heterocycles. The molecule has 0 saturated heterocycles. The van der Waals surface area contributed by atoms with Crippen molar-refractivity contribution in [2.24, 2.45) is 11.5 Å². The van der Waals surface area contributed by atoms with Crippen LogP contribution < -0.4 is 27.4 Å². The summed E-state index contributed by atoms with van der Waals surface area (Å²) in [7, 11) is 0. The normalized spacial score (nSPS) is 13.3. The van der Waals surface area contributed by atoms with Gasteiger partial charge in [0.05, 0.1) is 6.04 Å². The van der Waals surface area contributed by atoms with E-state index in [0.717, 1.165) is 25.7 Å². The van der Waals surface area contributed by atoms with Gasteiger partial charge in [-0.2, -0.15) is 0 Å². The fourth-order valence-corrected chi connectivity index (χ4v) is 3.28. The van der Waals surface area contributed by atoms with Crippen LogP contribution in [0.2, 0.25) is 0 Å². The second-order valence-electron chi connectivity index (χ2n) is 11.2. The summed E-state index contributed by atoms with van der Waals surface area (Å²) in [5.74, 6) is -1.26. The molecule has 11 nitrogen and oxygen atoms in total. The molecule has 0 heterocycles. The number of hydrogen-bond donors (Lipinski definition) is 5. The fourth-order valence-electron chi connectivity index (χ4n) is 3.28. The van der Waals surface area contributed by atoms with Gasteiger partial charge in [-0.15, -0.1) is 0 Å². The minimum absolute atomic E-state index is 0.0162. The van der Waals surface area contributed by atoms with Crippen LogP contribution in [-0.4, -0.2) is 66.8 Å². The minimum atomic E-state index is -0.899. The molecule has 2 unspecified atom stereocenters. The molecule has 216 valence electrons. The molecule has 0 saturated carbocycles. The Hall–Kier alpha value is -2.40. The van der Waals surface area contributed by atoms with E-state index in [-0.39, 0.29) is 18.7 Å². The van der Waals surface area contributed by atoms with E-state index in [2.05, 4.69) is 16.0 Å². The van der Waals surface area contributed by atoms with Gasteiger partial charge in [0.1, 0.15) is 17.2 Å². The quantitative estimate of drug-likeness (QED) is 0.141. The van der Waals surface area contributed by atoms with Gasteiger partial charge in [-0.25, -0.2) is 4.79 Å². The van der Waals surface area contributed by atoms with E-state index >= 15 is 0 Å². The van der Waals surface area contributed by atoms with Crippen LogP contribution in [0.4, 0.5) is 4.79 Å². The molecule has 0 fully saturated rings. The van der Waals surface area contributed by atoms with Crippen LogP contribution in [0.25, 0.3) is 0 Å². The summed E-state index contributed by atoms with van der Waals surface area (Å²) < 4.78 is 10.5. The molecule has 0 radical (unpaired) electrons. The Kier molecular flexibility index (Phi) is 16.8. The second-order valence-corrected chi connectivity index (χ2v) is 11.2. The standard InChI is InChI=1S/C26H51N5O6/c1-25(2,3)36-21(32)15-14-20(23(34)29-17-11-8-7-10-16-27)31-22(33)19(28)13-9-12-18-30-24(35)37-26(4,5)6/h19-20H,7-18,27-28H2,1-6H3,(H,29,34)(H,30,35)(H,31,33). The number of alkyl carbamates (subject to hydrolysis) is 1. The molecule has 0 aromatic heterocycles. The van der Waals surface area contributed by atoms with Gasteiger partial charge in [-0.3, -0.25) is 14.4 Å². The van der Waals surface area contributed by atoms with Gasteiger partial charge in [-0.05, 0) is 86.6 Å². The minimum Gasteiger partial charge on any atom is -0.460 e. The van der Waals surface area contributed by atoms with Gasteiger partial charge in [0.25, 0.3) is 0 Å². The van der Waals surface area contributed by atoms with Gasteiger partial charge < -0.3 is 36.9 Å². The average Bonchev–Trinajstić information content (AvgIpc) is 2.75. The lowest BCUT2D eigenvalue weighted by molar-refractivity contribution is -0.155. The first-order valence-electron chi connectivity index (χ1n) is 13.4. The molecule has 0 spiro atoms. The monoisotopic (exact) mass is 529 g/mol. The topological polar surface area (TPSA) is 175 Å². The molecule has 37 heavy (non-hydrogen) atoms. The zero-order valence-corrected chi connectivity index (χ0v) is 23.7. The number of nitrogens with one attached hydrogen (secondary N) is 3. The van der Waals surface area contributed by atoms with Gasteiger partial charge in [0.15, 0.2) is 0 Å². The van der Waals surface area contributed by atoms with Gasteiger partial charge in [0.2, 0.25) is 11.8 Å². The number of rotatable bonds is 17. The lowest BCUT2D eigenvalue weighted by atomic mass is 10.1. The molecule has 3 amide bonds. The predicted molar refractivity (Wildman–Crippen MR) is 144 cm³/mol. The van der Waals surface area contributed by atoms with Crippen molar-refractivity contribution in [3.8, 4) is 0 Å². The third kappa shape index (κ3) is 20.4. The highest BCUT2D eigenvalue weighted by atomic mass is 16.6. The summed E-state index contributed by atoms with van der Waals surface area (Å²) in [4.78, 5) is 49.3. The first kappa shape index (κ1) is 34.6. The number of esters is 1. The Balaban J connectivity index is 4.69. The van der Waals surface area contributed by atoms with E-state index in [9.17, 15) is 19.2 Å². The van der Waals surface area contributed by atoms with Crippen molar-refractivity contribution in [1.29, 1.82) is 0 Å². The van der Waals surface area contributed by atoms with Crippen LogP contribution in [0, 0.1) is 0 Å². The van der Waals surface area contributed by atoms with E-state index < -0.39 is 41.3 Å². The van der Waals surface area contributed by atoms with E-state index in [1.165, 1.54) is 0 Å². The number of carbonyl (C=O) groups is 4. The maximum atomic E-state index is 12.8. The molecule has 0 aliphatic carbocycles. The number of amides is 3. The molecule has 0 aromatic carbocycles. The highest BCUT2D eigenvalue weighted by Gasteiger charge is 2.25. The zero-order valence-electron chi connectivity index (χ0n) is 23.7. The largest absolute Gasteiger partial charge is 0.460 e. The van der Waals surface area contributed by atoms with Gasteiger partial charge in [0, 0.05) is 19.5 Å². The fraction of sp³-hybridized carbons (Fsp3) is 0.846. The van der Waals surface area contributed by atoms with E-state index in [0.29, 0.717) is 38.9 Å². The average molecular weight is 530 g/mol. The Bertz CT molecular complexity index is 703. The molecule has 0 rings (SSSR count). The van der Waals surface area contributed by atoms with Crippen LogP contribution in [0.5, 0.6) is 0 Å². The molecule has 7 N–H and O–H groups in total. The molecular weight excluding hydrogens is 478 g/mol. The van der Waals surface area contributed by atoms with E-state index in [1.54, 1.807) is 41.5 Å². The first-order chi connectivity index (χ1) is 17.1. The summed E-state index contributed by atoms with van der Waals surface area (Å²) >= 11 is 0. The van der Waals surface area contributed by atoms with E-state index in [1.807, 2.05) is 0 Å². The smallest absolute Gasteiger partial charge is 0.407 e. The highest BCUT2D eigenvalue weighted by molar-refractivity contribution is 5.90. The number of unbranched alkanes of at least 4 members (excludes halogenated alkanes) is 4. The van der Waals surface area contributed by atoms with Crippen molar-refractivity contribution < 1.29 is 28.7 Å². The van der Waals surface area contributed by atoms with Crippen molar-refractivity contribution in [1.82, 2.24) is 16.0 Å². The number of ether oxygens (including phenoxy) is 2. The third-order valence-corrected chi connectivity index (χ3v) is 5.07. The summed E-state index contributed by atoms with van der Waals surface area (Å²) in [5.41, 5.74) is 10.3. The van der Waals surface area contributed by atoms with Crippen molar-refractivity contribution in [2.75, 3.05) is 19.6 Å². The molecule has 0 aromatic rings. The molecular formula is C26H51N5O6. The van der Waals surface area contributed by atoms with E-state index in [4.69, 9.17) is 20.9 Å². The summed E-state index contributed by atoms with van der Waals surface area (Å²) in [6, 6.07) is -1.72. The zero-order chi connectivity index (χ0) is 28.5. The molecule has 0 bridgehead atoms. The lowest BCUT2D eigenvalue weighted by Crippen LogP contribution is -2.52. The lowest BCUT2D eigenvalue weighted by Gasteiger charge is -2.22. The van der Waals surface area contributed by atoms with Crippen LogP contribution in [0.1, 0.15) is 99.3 Å². The third-order valence-electron chi connectivity index (χ3n) is 5.07. The summed E-state index contributed by atoms with van der Waals surface area (Å²) in [6.45, 7) is 12.2. The van der Waals surface area contributed by atoms with Crippen molar-refractivity contribution in [3.63, 3.8) is 0 Å². The predicted octanol–water partition coefficient (Wildman–Crippen LogP) is 2.25. The molecule has 11 heteroatoms. The number of hydrogen-bond acceptors (Lipinski definition) is 8. The van der Waals surface area contributed by atoms with Gasteiger partial charge in [-0.1, -0.05) is 12.8 Å². The Labute approximate surface area is 222 Å². The van der Waals surface area contributed by atoms with Gasteiger partial charge >= 0.3 is 12.1 Å². The number of nitrogens with two attached hydrogens (primary N) is 2. The summed E-state index contributed by atoms with van der Waals surface area (Å²) in [5, 5.41) is 8.19. The van der Waals surface area contributed by atoms with Crippen LogP contribution in [-0.2, 0) is 23.9 Å². The summed E-state index contributed by atoms with van der Waals surface area (Å²) in [6.07, 6.45) is 4.87. The maximum absolute atomic E-state index is 12.8. The SMILES string of the molecule is CC(C)(C)OC(=O)CCC(NC(=O)C(N)CCCCNC(=O)OC(C)(C)C)C(=O)NCCCCCCN. The van der Waals surface area contributed by atoms with Crippen LogP contribution in [0.15, 0.2) is 0 Å². The number of carbonyl (C=O) groups excluding carboxylic acids is 4. The van der Waals surface area contributed by atoms with Crippen molar-refractivity contribution in [2.45, 2.75) is 123 Å². The first-order valence-corrected chi connectivity index (χ1v) is 13.4. The maximum Gasteiger partial charge on any atom is 0.407 e. The molecule has 0 aliphatic rings. The highest BCUT2D eigenvalue weighted by Crippen LogP contribution is 2.11. The van der Waals surface area contributed by atoms with Crippen molar-refractivity contribution in [3.05, 3.63) is 0 Å². The van der Waals surface area contributed by atoms with Crippen LogP contribution in [0.3, 0.4) is 0 Å². The Morgan fingerprint density at radius 1 is 0.730 bits per heavy atom. The van der Waals surface area contributed by atoms with Crippen LogP contribution >= 0.6 is 0 Å².